The van der Waals surface area contributed by atoms with E-state index in [0.717, 1.165) is 31.5 Å². The molecule has 3 aliphatic rings. The zero-order chi connectivity index (χ0) is 19.7. The van der Waals surface area contributed by atoms with Crippen LogP contribution < -0.4 is 5.56 Å². The predicted octanol–water partition coefficient (Wildman–Crippen LogP) is 2.95. The van der Waals surface area contributed by atoms with Crippen LogP contribution in [0.4, 0.5) is 0 Å². The van der Waals surface area contributed by atoms with Gasteiger partial charge in [0.15, 0.2) is 0 Å². The first kappa shape index (κ1) is 18.7. The van der Waals surface area contributed by atoms with Crippen molar-refractivity contribution in [3.63, 3.8) is 0 Å². The molecule has 0 radical (unpaired) electrons. The van der Waals surface area contributed by atoms with Crippen LogP contribution in [0.3, 0.4) is 0 Å². The summed E-state index contributed by atoms with van der Waals surface area (Å²) in [7, 11) is 1.32. The highest BCUT2D eigenvalue weighted by molar-refractivity contribution is 6.30. The second kappa shape index (κ2) is 7.77. The summed E-state index contributed by atoms with van der Waals surface area (Å²) in [6.07, 6.45) is 5.77. The van der Waals surface area contributed by atoms with Crippen molar-refractivity contribution in [1.82, 2.24) is 19.7 Å². The van der Waals surface area contributed by atoms with Gasteiger partial charge in [-0.3, -0.25) is 9.69 Å². The first-order chi connectivity index (χ1) is 13.6. The molecule has 0 saturated carbocycles. The molecule has 1 atom stereocenters. The molecule has 0 aromatic heterocycles. The van der Waals surface area contributed by atoms with Crippen molar-refractivity contribution in [2.75, 3.05) is 20.2 Å². The largest absolute Gasteiger partial charge is 0.465 e. The molecule has 1 saturated heterocycles. The van der Waals surface area contributed by atoms with Crippen LogP contribution in [0.25, 0.3) is 11.3 Å². The SMILES string of the molecule is COC(=O)c1cn(C[C@H](c2ccc(Cl)cc2)N2CCCC2)cc2c(=O)[nH]nc1-2. The molecule has 1 N–H and O–H groups in total. The van der Waals surface area contributed by atoms with Gasteiger partial charge in [-0.2, -0.15) is 5.10 Å². The number of pyridine rings is 1. The van der Waals surface area contributed by atoms with Gasteiger partial charge in [0.1, 0.15) is 11.3 Å². The molecule has 3 aliphatic heterocycles. The zero-order valence-electron chi connectivity index (χ0n) is 15.5. The number of halogens is 1. The molecule has 0 aliphatic carbocycles. The fraction of sp³-hybridized carbons (Fsp3) is 0.350. The normalized spacial score (nSPS) is 15.8. The minimum atomic E-state index is -0.518. The van der Waals surface area contributed by atoms with E-state index in [1.807, 2.05) is 28.8 Å². The molecular weight excluding hydrogens is 380 g/mol. The maximum atomic E-state index is 12.2. The van der Waals surface area contributed by atoms with Crippen LogP contribution in [0, 0.1) is 0 Å². The van der Waals surface area contributed by atoms with Crippen LogP contribution in [0.2, 0.25) is 5.02 Å². The Morgan fingerprint density at radius 3 is 2.64 bits per heavy atom. The van der Waals surface area contributed by atoms with Crippen LogP contribution >= 0.6 is 11.6 Å². The van der Waals surface area contributed by atoms with Crippen LogP contribution in [-0.2, 0) is 11.3 Å². The second-order valence-electron chi connectivity index (χ2n) is 6.99. The average Bonchev–Trinajstić information content (AvgIpc) is 3.36. The van der Waals surface area contributed by atoms with Crippen LogP contribution in [0.15, 0.2) is 41.5 Å². The highest BCUT2D eigenvalue weighted by atomic mass is 35.5. The van der Waals surface area contributed by atoms with Crippen molar-refractivity contribution in [2.45, 2.75) is 25.4 Å². The van der Waals surface area contributed by atoms with E-state index in [0.29, 0.717) is 22.8 Å². The number of rotatable bonds is 5. The van der Waals surface area contributed by atoms with Gasteiger partial charge >= 0.3 is 5.97 Å². The van der Waals surface area contributed by atoms with Gasteiger partial charge in [-0.25, -0.2) is 9.89 Å². The number of hydrogen-bond donors (Lipinski definition) is 1. The van der Waals surface area contributed by atoms with E-state index in [2.05, 4.69) is 15.1 Å². The standard InChI is InChI=1S/C20H21ClN4O3/c1-28-20(27)16-11-24(10-15-18(16)22-23-19(15)26)12-17(25-8-2-3-9-25)13-4-6-14(21)7-5-13/h4-7,10-11,17H,2-3,8-9,12H2,1H3,(H,23,26)/t17-/m1/s1. The number of carbonyl (C=O) groups is 1. The molecule has 0 bridgehead atoms. The molecule has 4 rings (SSSR count). The van der Waals surface area contributed by atoms with E-state index >= 15 is 0 Å². The quantitative estimate of drug-likeness (QED) is 0.666. The van der Waals surface area contributed by atoms with Gasteiger partial charge < -0.3 is 9.30 Å². The predicted molar refractivity (Wildman–Crippen MR) is 106 cm³/mol. The Balaban J connectivity index is 1.75. The maximum absolute atomic E-state index is 12.2. The van der Waals surface area contributed by atoms with Gasteiger partial charge in [0.25, 0.3) is 5.56 Å². The molecule has 0 amide bonds. The van der Waals surface area contributed by atoms with Crippen molar-refractivity contribution in [2.24, 2.45) is 0 Å². The van der Waals surface area contributed by atoms with Crippen LogP contribution in [-0.4, -0.2) is 45.8 Å². The summed E-state index contributed by atoms with van der Waals surface area (Å²) in [5.74, 6) is -0.518. The third-order valence-electron chi connectivity index (χ3n) is 5.24. The lowest BCUT2D eigenvalue weighted by Crippen LogP contribution is -2.29. The molecule has 0 spiro atoms. The van der Waals surface area contributed by atoms with Gasteiger partial charge in [-0.1, -0.05) is 23.7 Å². The lowest BCUT2D eigenvalue weighted by Gasteiger charge is -2.29. The molecule has 8 heteroatoms. The Kier molecular flexibility index (Phi) is 5.19. The summed E-state index contributed by atoms with van der Waals surface area (Å²) < 4.78 is 6.76. The maximum Gasteiger partial charge on any atom is 0.341 e. The van der Waals surface area contributed by atoms with E-state index in [9.17, 15) is 9.59 Å². The van der Waals surface area contributed by atoms with Crippen molar-refractivity contribution in [3.8, 4) is 11.3 Å². The minimum absolute atomic E-state index is 0.106. The smallest absolute Gasteiger partial charge is 0.341 e. The Bertz CT molecular complexity index is 1010. The Morgan fingerprint density at radius 1 is 1.25 bits per heavy atom. The number of carbonyl (C=O) groups excluding carboxylic acids is 1. The number of likely N-dealkylation sites (tertiary alicyclic amines) is 1. The highest BCUT2D eigenvalue weighted by Gasteiger charge is 2.26. The fourth-order valence-corrected chi connectivity index (χ4v) is 3.95. The van der Waals surface area contributed by atoms with E-state index in [4.69, 9.17) is 16.3 Å². The van der Waals surface area contributed by atoms with Crippen molar-refractivity contribution < 1.29 is 9.53 Å². The summed E-state index contributed by atoms with van der Waals surface area (Å²) in [6, 6.07) is 7.94. The summed E-state index contributed by atoms with van der Waals surface area (Å²) in [5, 5.41) is 7.09. The summed E-state index contributed by atoms with van der Waals surface area (Å²) in [6.45, 7) is 2.61. The summed E-state index contributed by atoms with van der Waals surface area (Å²) in [4.78, 5) is 26.8. The second-order valence-corrected chi connectivity index (χ2v) is 7.42. The average molecular weight is 401 g/mol. The van der Waals surface area contributed by atoms with Gasteiger partial charge in [0, 0.05) is 24.0 Å². The van der Waals surface area contributed by atoms with E-state index < -0.39 is 5.97 Å². The topological polar surface area (TPSA) is 80.2 Å². The Morgan fingerprint density at radius 2 is 1.96 bits per heavy atom. The zero-order valence-corrected chi connectivity index (χ0v) is 16.3. The minimum Gasteiger partial charge on any atom is -0.465 e. The monoisotopic (exact) mass is 400 g/mol. The number of benzene rings is 1. The summed E-state index contributed by atoms with van der Waals surface area (Å²) >= 11 is 6.06. The molecule has 28 heavy (non-hydrogen) atoms. The van der Waals surface area contributed by atoms with Crippen molar-refractivity contribution in [1.29, 1.82) is 0 Å². The number of H-pyrrole nitrogens is 1. The molecule has 1 aromatic carbocycles. The van der Waals surface area contributed by atoms with Crippen LogP contribution in [0.5, 0.6) is 0 Å². The lowest BCUT2D eigenvalue weighted by molar-refractivity contribution is 0.0600. The van der Waals surface area contributed by atoms with Crippen molar-refractivity contribution in [3.05, 3.63) is 63.2 Å². The van der Waals surface area contributed by atoms with Gasteiger partial charge in [-0.05, 0) is 43.6 Å². The van der Waals surface area contributed by atoms with E-state index in [-0.39, 0.29) is 17.2 Å². The van der Waals surface area contributed by atoms with Gasteiger partial charge in [-0.15, -0.1) is 0 Å². The third-order valence-corrected chi connectivity index (χ3v) is 5.49. The molecule has 0 unspecified atom stereocenters. The fourth-order valence-electron chi connectivity index (χ4n) is 3.82. The molecule has 3 heterocycles. The lowest BCUT2D eigenvalue weighted by atomic mass is 10.0. The van der Waals surface area contributed by atoms with Crippen molar-refractivity contribution >= 4 is 17.6 Å². The Labute approximate surface area is 167 Å². The number of esters is 1. The Hall–Kier alpha value is -2.64. The molecule has 146 valence electrons. The van der Waals surface area contributed by atoms with Crippen LogP contribution in [0.1, 0.15) is 34.8 Å². The number of methoxy groups -OCH3 is 1. The molecule has 7 nitrogen and oxygen atoms in total. The number of nitrogens with one attached hydrogen (secondary N) is 1. The van der Waals surface area contributed by atoms with E-state index in [1.165, 1.54) is 7.11 Å². The third kappa shape index (κ3) is 3.55. The van der Waals surface area contributed by atoms with E-state index in [1.54, 1.807) is 12.4 Å². The van der Waals surface area contributed by atoms with Gasteiger partial charge in [0.05, 0.1) is 18.7 Å². The first-order valence-electron chi connectivity index (χ1n) is 9.23. The number of aromatic amines is 1. The molecule has 1 aromatic rings. The molecular formula is C20H21ClN4O3. The number of ether oxygens (including phenoxy) is 1. The number of fused-ring (bicyclic) bond motifs is 1. The number of aromatic nitrogens is 3. The highest BCUT2D eigenvalue weighted by Crippen LogP contribution is 2.29. The molecule has 1 fully saturated rings. The van der Waals surface area contributed by atoms with Gasteiger partial charge in [0.2, 0.25) is 0 Å². The summed E-state index contributed by atoms with van der Waals surface area (Å²) in [5.41, 5.74) is 1.80. The number of hydrogen-bond acceptors (Lipinski definition) is 5. The number of nitrogens with zero attached hydrogens (tertiary/aromatic N) is 3. The first-order valence-corrected chi connectivity index (χ1v) is 9.60.